The highest BCUT2D eigenvalue weighted by atomic mass is 19.2. The second-order valence-corrected chi connectivity index (χ2v) is 3.89. The van der Waals surface area contributed by atoms with Gasteiger partial charge in [0, 0.05) is 5.92 Å². The van der Waals surface area contributed by atoms with Gasteiger partial charge in [0.25, 0.3) is 0 Å². The summed E-state index contributed by atoms with van der Waals surface area (Å²) in [6.45, 7) is 8.22. The number of terminal acetylenes is 1. The molecule has 0 radical (unpaired) electrons. The molecule has 0 amide bonds. The van der Waals surface area contributed by atoms with Gasteiger partial charge in [0.2, 0.25) is 0 Å². The molecule has 0 heterocycles. The fourth-order valence-electron chi connectivity index (χ4n) is 1.23. The van der Waals surface area contributed by atoms with E-state index in [9.17, 15) is 8.78 Å². The Kier molecular flexibility index (Phi) is 5.28. The second-order valence-electron chi connectivity index (χ2n) is 3.89. The summed E-state index contributed by atoms with van der Waals surface area (Å²) >= 11 is 0. The van der Waals surface area contributed by atoms with Gasteiger partial charge in [-0.15, -0.1) is 6.42 Å². The second kappa shape index (κ2) is 5.70. The van der Waals surface area contributed by atoms with Crippen LogP contribution in [0, 0.1) is 18.3 Å². The van der Waals surface area contributed by atoms with Crippen LogP contribution in [-0.4, -0.2) is 5.67 Å². The van der Waals surface area contributed by atoms with Crippen LogP contribution in [-0.2, 0) is 0 Å². The molecule has 0 saturated carbocycles. The molecule has 0 spiro atoms. The Balaban J connectivity index is 4.66. The van der Waals surface area contributed by atoms with Crippen LogP contribution in [0.25, 0.3) is 0 Å². The molecule has 0 nitrogen and oxygen atoms in total. The molecule has 2 atom stereocenters. The summed E-state index contributed by atoms with van der Waals surface area (Å²) in [6.07, 6.45) is 7.16. The molecule has 0 aromatic heterocycles. The van der Waals surface area contributed by atoms with E-state index in [0.29, 0.717) is 18.4 Å². The number of allylic oxidation sites excluding steroid dienone is 3. The fourth-order valence-corrected chi connectivity index (χ4v) is 1.23. The Morgan fingerprint density at radius 3 is 2.60 bits per heavy atom. The molecule has 0 aliphatic rings. The van der Waals surface area contributed by atoms with Crippen molar-refractivity contribution in [3.63, 3.8) is 0 Å². The smallest absolute Gasteiger partial charge is 0.161 e. The van der Waals surface area contributed by atoms with E-state index < -0.39 is 17.4 Å². The first-order chi connectivity index (χ1) is 6.86. The van der Waals surface area contributed by atoms with Crippen molar-refractivity contribution in [2.45, 2.75) is 39.3 Å². The monoisotopic (exact) mass is 212 g/mol. The zero-order valence-corrected chi connectivity index (χ0v) is 9.61. The number of hydrogen-bond donors (Lipinski definition) is 0. The molecule has 0 aromatic rings. The maximum absolute atomic E-state index is 14.0. The van der Waals surface area contributed by atoms with Crippen molar-refractivity contribution < 1.29 is 8.78 Å². The van der Waals surface area contributed by atoms with E-state index in [4.69, 9.17) is 6.42 Å². The Morgan fingerprint density at radius 1 is 1.67 bits per heavy atom. The molecule has 0 bridgehead atoms. The van der Waals surface area contributed by atoms with Crippen LogP contribution >= 0.6 is 0 Å². The third-order valence-corrected chi connectivity index (χ3v) is 2.53. The van der Waals surface area contributed by atoms with Gasteiger partial charge < -0.3 is 0 Å². The quantitative estimate of drug-likeness (QED) is 0.599. The Hall–Kier alpha value is -1.10. The standard InChI is InChI=1S/C13H18F2/c1-6-8-12(14)13(5,15)11(4)9-10(3)7-2/h2,8,11H,3,6,9H2,1,4-5H3/b12-8+. The molecular formula is C13H18F2. The number of hydrogen-bond acceptors (Lipinski definition) is 0. The third-order valence-electron chi connectivity index (χ3n) is 2.53. The van der Waals surface area contributed by atoms with Crippen LogP contribution in [0.5, 0.6) is 0 Å². The average molecular weight is 212 g/mol. The number of halogens is 2. The predicted octanol–water partition coefficient (Wildman–Crippen LogP) is 4.19. The molecule has 0 aliphatic heterocycles. The maximum Gasteiger partial charge on any atom is 0.161 e. The van der Waals surface area contributed by atoms with Crippen molar-refractivity contribution in [1.82, 2.24) is 0 Å². The number of rotatable bonds is 5. The fraction of sp³-hybridized carbons (Fsp3) is 0.538. The van der Waals surface area contributed by atoms with Gasteiger partial charge in [0.05, 0.1) is 0 Å². The lowest BCUT2D eigenvalue weighted by atomic mass is 9.86. The van der Waals surface area contributed by atoms with Gasteiger partial charge in [-0.3, -0.25) is 0 Å². The van der Waals surface area contributed by atoms with Crippen LogP contribution in [0.4, 0.5) is 8.78 Å². The van der Waals surface area contributed by atoms with Crippen LogP contribution in [0.2, 0.25) is 0 Å². The maximum atomic E-state index is 14.0. The highest BCUT2D eigenvalue weighted by Gasteiger charge is 2.35. The lowest BCUT2D eigenvalue weighted by molar-refractivity contribution is 0.125. The van der Waals surface area contributed by atoms with Crippen LogP contribution in [0.1, 0.15) is 33.6 Å². The Morgan fingerprint density at radius 2 is 2.20 bits per heavy atom. The third kappa shape index (κ3) is 3.87. The largest absolute Gasteiger partial charge is 0.236 e. The van der Waals surface area contributed by atoms with Gasteiger partial charge >= 0.3 is 0 Å². The summed E-state index contributed by atoms with van der Waals surface area (Å²) in [7, 11) is 0. The van der Waals surface area contributed by atoms with E-state index in [1.54, 1.807) is 13.8 Å². The van der Waals surface area contributed by atoms with Crippen molar-refractivity contribution in [2.75, 3.05) is 0 Å². The summed E-state index contributed by atoms with van der Waals surface area (Å²) in [5.41, 5.74) is -1.47. The Bertz CT molecular complexity index is 292. The van der Waals surface area contributed by atoms with E-state index in [1.165, 1.54) is 13.0 Å². The average Bonchev–Trinajstić information content (AvgIpc) is 2.17. The van der Waals surface area contributed by atoms with Gasteiger partial charge in [0.1, 0.15) is 5.83 Å². The van der Waals surface area contributed by atoms with Crippen molar-refractivity contribution in [1.29, 1.82) is 0 Å². The molecular weight excluding hydrogens is 194 g/mol. The summed E-state index contributed by atoms with van der Waals surface area (Å²) in [6, 6.07) is 0. The topological polar surface area (TPSA) is 0 Å². The first kappa shape index (κ1) is 13.9. The summed E-state index contributed by atoms with van der Waals surface area (Å²) in [4.78, 5) is 0. The molecule has 2 heteroatoms. The van der Waals surface area contributed by atoms with Gasteiger partial charge in [0.15, 0.2) is 5.67 Å². The molecule has 0 N–H and O–H groups in total. The van der Waals surface area contributed by atoms with E-state index in [-0.39, 0.29) is 0 Å². The predicted molar refractivity (Wildman–Crippen MR) is 60.7 cm³/mol. The van der Waals surface area contributed by atoms with Crippen LogP contribution in [0.15, 0.2) is 24.1 Å². The van der Waals surface area contributed by atoms with Gasteiger partial charge in [-0.25, -0.2) is 8.78 Å². The highest BCUT2D eigenvalue weighted by molar-refractivity contribution is 5.23. The SMILES string of the molecule is C#CC(=C)CC(C)C(C)(F)/C(F)=C\CC. The van der Waals surface area contributed by atoms with Crippen LogP contribution < -0.4 is 0 Å². The van der Waals surface area contributed by atoms with Crippen molar-refractivity contribution in [3.8, 4) is 12.3 Å². The molecule has 0 aromatic carbocycles. The molecule has 0 aliphatic carbocycles. The highest BCUT2D eigenvalue weighted by Crippen LogP contribution is 2.34. The molecule has 0 rings (SSSR count). The zero-order chi connectivity index (χ0) is 12.1. The van der Waals surface area contributed by atoms with E-state index in [2.05, 4.69) is 12.5 Å². The van der Waals surface area contributed by atoms with Gasteiger partial charge in [-0.2, -0.15) is 0 Å². The summed E-state index contributed by atoms with van der Waals surface area (Å²) < 4.78 is 27.4. The summed E-state index contributed by atoms with van der Waals surface area (Å²) in [5, 5.41) is 0. The van der Waals surface area contributed by atoms with Crippen LogP contribution in [0.3, 0.4) is 0 Å². The van der Waals surface area contributed by atoms with Gasteiger partial charge in [-0.05, 0) is 31.4 Å². The van der Waals surface area contributed by atoms with Crippen molar-refractivity contribution >= 4 is 0 Å². The lowest BCUT2D eigenvalue weighted by Crippen LogP contribution is -2.28. The van der Waals surface area contributed by atoms with Crippen molar-refractivity contribution in [3.05, 3.63) is 24.1 Å². The van der Waals surface area contributed by atoms with E-state index >= 15 is 0 Å². The first-order valence-electron chi connectivity index (χ1n) is 5.05. The molecule has 15 heavy (non-hydrogen) atoms. The minimum Gasteiger partial charge on any atom is -0.236 e. The molecule has 0 fully saturated rings. The van der Waals surface area contributed by atoms with Gasteiger partial charge in [-0.1, -0.05) is 26.3 Å². The minimum absolute atomic E-state index is 0.300. The van der Waals surface area contributed by atoms with E-state index in [1.807, 2.05) is 0 Å². The molecule has 84 valence electrons. The van der Waals surface area contributed by atoms with E-state index in [0.717, 1.165) is 0 Å². The summed E-state index contributed by atoms with van der Waals surface area (Å²) in [5.74, 6) is 1.11. The normalized spacial score (nSPS) is 17.7. The Labute approximate surface area is 91.1 Å². The molecule has 2 unspecified atom stereocenters. The minimum atomic E-state index is -1.96. The zero-order valence-electron chi connectivity index (χ0n) is 9.61. The first-order valence-corrected chi connectivity index (χ1v) is 5.05. The van der Waals surface area contributed by atoms with Crippen molar-refractivity contribution in [2.24, 2.45) is 5.92 Å². The lowest BCUT2D eigenvalue weighted by Gasteiger charge is -2.26. The molecule has 0 saturated heterocycles. The number of alkyl halides is 1.